The van der Waals surface area contributed by atoms with Crippen LogP contribution < -0.4 is 15.3 Å². The molecule has 6 heteroatoms. The highest BCUT2D eigenvalue weighted by molar-refractivity contribution is 5.97. The van der Waals surface area contributed by atoms with E-state index in [0.717, 1.165) is 19.6 Å². The first-order valence-corrected chi connectivity index (χ1v) is 10.7. The molecule has 0 saturated carbocycles. The van der Waals surface area contributed by atoms with Gasteiger partial charge >= 0.3 is 5.63 Å². The average Bonchev–Trinajstić information content (AvgIpc) is 2.80. The maximum atomic E-state index is 13.0. The molecule has 1 saturated heterocycles. The van der Waals surface area contributed by atoms with E-state index < -0.39 is 5.63 Å². The van der Waals surface area contributed by atoms with E-state index in [0.29, 0.717) is 36.4 Å². The van der Waals surface area contributed by atoms with Crippen molar-refractivity contribution < 1.29 is 18.8 Å². The highest BCUT2D eigenvalue weighted by Crippen LogP contribution is 2.25. The number of ether oxygens (including phenoxy) is 1. The lowest BCUT2D eigenvalue weighted by atomic mass is 10.1. The highest BCUT2D eigenvalue weighted by Gasteiger charge is 2.26. The molecule has 1 N–H and O–H groups in total. The van der Waals surface area contributed by atoms with E-state index in [9.17, 15) is 9.59 Å². The summed E-state index contributed by atoms with van der Waals surface area (Å²) in [6.45, 7) is 6.17. The van der Waals surface area contributed by atoms with Crippen LogP contribution in [0.4, 0.5) is 0 Å². The molecule has 1 aromatic heterocycles. The van der Waals surface area contributed by atoms with E-state index in [-0.39, 0.29) is 11.5 Å². The van der Waals surface area contributed by atoms with Crippen LogP contribution in [0.25, 0.3) is 17.0 Å². The van der Waals surface area contributed by atoms with Gasteiger partial charge in [-0.25, -0.2) is 4.79 Å². The lowest BCUT2D eigenvalue weighted by Crippen LogP contribution is -3.14. The van der Waals surface area contributed by atoms with Crippen molar-refractivity contribution in [3.05, 3.63) is 82.2 Å². The van der Waals surface area contributed by atoms with Gasteiger partial charge in [0.25, 0.3) is 5.91 Å². The number of fused-ring (bicyclic) bond motifs is 1. The number of nitrogens with one attached hydrogen (secondary N) is 1. The summed E-state index contributed by atoms with van der Waals surface area (Å²) in [6.07, 6.45) is 4.30. The number of carbonyl (C=O) groups excluding carboxylic acids is 1. The van der Waals surface area contributed by atoms with Crippen molar-refractivity contribution in [3.63, 3.8) is 0 Å². The normalized spacial score (nSPS) is 14.9. The van der Waals surface area contributed by atoms with Gasteiger partial charge < -0.3 is 19.0 Å². The van der Waals surface area contributed by atoms with E-state index in [1.54, 1.807) is 17.0 Å². The van der Waals surface area contributed by atoms with Gasteiger partial charge in [0.1, 0.15) is 5.56 Å². The van der Waals surface area contributed by atoms with Crippen LogP contribution in [-0.4, -0.2) is 50.1 Å². The molecule has 0 spiro atoms. The molecule has 2 aromatic carbocycles. The largest absolute Gasteiger partial charge is 0.490 e. The first-order valence-electron chi connectivity index (χ1n) is 10.7. The fourth-order valence-corrected chi connectivity index (χ4v) is 3.86. The Morgan fingerprint density at radius 2 is 1.90 bits per heavy atom. The van der Waals surface area contributed by atoms with Gasteiger partial charge in [-0.15, -0.1) is 0 Å². The second-order valence-electron chi connectivity index (χ2n) is 7.61. The molecule has 6 nitrogen and oxygen atoms in total. The summed E-state index contributed by atoms with van der Waals surface area (Å²) in [4.78, 5) is 28.7. The number of piperazine rings is 1. The molecule has 2 heterocycles. The Kier molecular flexibility index (Phi) is 6.48. The Hall–Kier alpha value is -3.38. The Morgan fingerprint density at radius 3 is 2.65 bits per heavy atom. The van der Waals surface area contributed by atoms with E-state index >= 15 is 0 Å². The van der Waals surface area contributed by atoms with E-state index in [1.165, 1.54) is 10.5 Å². The van der Waals surface area contributed by atoms with Crippen LogP contribution in [0.3, 0.4) is 0 Å². The maximum Gasteiger partial charge on any atom is 0.349 e. The molecule has 0 aliphatic carbocycles. The van der Waals surface area contributed by atoms with Crippen LogP contribution >= 0.6 is 0 Å². The Balaban J connectivity index is 1.40. The monoisotopic (exact) mass is 419 g/mol. The van der Waals surface area contributed by atoms with Gasteiger partial charge in [-0.1, -0.05) is 48.5 Å². The summed E-state index contributed by atoms with van der Waals surface area (Å²) in [6, 6.07) is 17.2. The smallest absolute Gasteiger partial charge is 0.349 e. The SMILES string of the molecule is CCOc1cccc2cc(C(=O)N3CC[NH+](C/C=C/c4ccccc4)CC3)c(=O)oc12. The number of rotatable bonds is 6. The zero-order chi connectivity index (χ0) is 21.6. The van der Waals surface area contributed by atoms with Gasteiger partial charge in [0, 0.05) is 5.39 Å². The van der Waals surface area contributed by atoms with Crippen LogP contribution in [0, 0.1) is 0 Å². The van der Waals surface area contributed by atoms with E-state index in [2.05, 4.69) is 24.3 Å². The van der Waals surface area contributed by atoms with Crippen LogP contribution in [0.5, 0.6) is 5.75 Å². The molecule has 160 valence electrons. The number of amides is 1. The van der Waals surface area contributed by atoms with Crippen molar-refractivity contribution in [1.82, 2.24) is 4.90 Å². The van der Waals surface area contributed by atoms with Gasteiger partial charge in [-0.2, -0.15) is 0 Å². The zero-order valence-electron chi connectivity index (χ0n) is 17.7. The third kappa shape index (κ3) is 4.86. The Morgan fingerprint density at radius 1 is 1.13 bits per heavy atom. The van der Waals surface area contributed by atoms with Crippen LogP contribution in [-0.2, 0) is 0 Å². The predicted octanol–water partition coefficient (Wildman–Crippen LogP) is 2.25. The molecule has 4 rings (SSSR count). The minimum absolute atomic E-state index is 0.0774. The molecule has 1 aliphatic rings. The summed E-state index contributed by atoms with van der Waals surface area (Å²) >= 11 is 0. The second kappa shape index (κ2) is 9.62. The molecule has 3 aromatic rings. The maximum absolute atomic E-state index is 13.0. The number of benzene rings is 2. The molecule has 0 bridgehead atoms. The molecule has 1 fully saturated rings. The summed E-state index contributed by atoms with van der Waals surface area (Å²) in [5, 5.41) is 0.684. The minimum atomic E-state index is -0.620. The van der Waals surface area contributed by atoms with Gasteiger partial charge in [0.2, 0.25) is 0 Å². The summed E-state index contributed by atoms with van der Waals surface area (Å²) < 4.78 is 11.0. The van der Waals surface area contributed by atoms with Gasteiger partial charge in [0.15, 0.2) is 11.3 Å². The first kappa shape index (κ1) is 20.9. The fraction of sp³-hybridized carbons (Fsp3) is 0.280. The summed E-state index contributed by atoms with van der Waals surface area (Å²) in [5.74, 6) is 0.244. The highest BCUT2D eigenvalue weighted by atomic mass is 16.5. The summed E-state index contributed by atoms with van der Waals surface area (Å²) in [5.41, 5.74) is 1.02. The molecule has 31 heavy (non-hydrogen) atoms. The minimum Gasteiger partial charge on any atom is -0.490 e. The lowest BCUT2D eigenvalue weighted by Gasteiger charge is -2.31. The Labute approximate surface area is 181 Å². The number of hydrogen-bond donors (Lipinski definition) is 1. The van der Waals surface area contributed by atoms with Crippen molar-refractivity contribution in [2.24, 2.45) is 0 Å². The van der Waals surface area contributed by atoms with Crippen molar-refractivity contribution in [2.75, 3.05) is 39.3 Å². The predicted molar refractivity (Wildman–Crippen MR) is 121 cm³/mol. The third-order valence-electron chi connectivity index (χ3n) is 5.53. The molecule has 1 amide bonds. The fourth-order valence-electron chi connectivity index (χ4n) is 3.86. The zero-order valence-corrected chi connectivity index (χ0v) is 17.7. The quantitative estimate of drug-likeness (QED) is 0.623. The number of nitrogens with zero attached hydrogens (tertiary/aromatic N) is 1. The van der Waals surface area contributed by atoms with Crippen molar-refractivity contribution >= 4 is 23.0 Å². The summed E-state index contributed by atoms with van der Waals surface area (Å²) in [7, 11) is 0. The van der Waals surface area contributed by atoms with Crippen molar-refractivity contribution in [2.45, 2.75) is 6.92 Å². The number of carbonyl (C=O) groups is 1. The number of hydrogen-bond acceptors (Lipinski definition) is 4. The lowest BCUT2D eigenvalue weighted by molar-refractivity contribution is -0.898. The van der Waals surface area contributed by atoms with Gasteiger partial charge in [0.05, 0.1) is 39.3 Å². The topological polar surface area (TPSA) is 64.2 Å². The van der Waals surface area contributed by atoms with Crippen molar-refractivity contribution in [3.8, 4) is 5.75 Å². The van der Waals surface area contributed by atoms with E-state index in [4.69, 9.17) is 9.15 Å². The van der Waals surface area contributed by atoms with Crippen LogP contribution in [0.15, 0.2) is 69.9 Å². The van der Waals surface area contributed by atoms with Crippen LogP contribution in [0.2, 0.25) is 0 Å². The van der Waals surface area contributed by atoms with Crippen molar-refractivity contribution in [1.29, 1.82) is 0 Å². The standard InChI is InChI=1S/C25H26N2O4/c1-2-30-22-12-6-11-20-18-21(25(29)31-23(20)22)24(28)27-16-14-26(15-17-27)13-7-10-19-8-4-3-5-9-19/h3-12,18H,2,13-17H2,1H3/p+1/b10-7+. The molecular weight excluding hydrogens is 392 g/mol. The molecule has 0 radical (unpaired) electrons. The molecule has 0 atom stereocenters. The molecule has 0 unspecified atom stereocenters. The number of quaternary nitrogens is 1. The van der Waals surface area contributed by atoms with E-state index in [1.807, 2.05) is 37.3 Å². The second-order valence-corrected chi connectivity index (χ2v) is 7.61. The molecular formula is C25H27N2O4+. The average molecular weight is 420 g/mol. The Bertz CT molecular complexity index is 1130. The first-order chi connectivity index (χ1) is 15.2. The van der Waals surface area contributed by atoms with Gasteiger partial charge in [-0.3, -0.25) is 4.79 Å². The molecule has 1 aliphatic heterocycles. The van der Waals surface area contributed by atoms with Crippen LogP contribution in [0.1, 0.15) is 22.8 Å². The van der Waals surface area contributed by atoms with Gasteiger partial charge in [-0.05, 0) is 30.7 Å². The third-order valence-corrected chi connectivity index (χ3v) is 5.53. The number of para-hydroxylation sites is 1.